The van der Waals surface area contributed by atoms with Gasteiger partial charge in [-0.1, -0.05) is 24.3 Å². The van der Waals surface area contributed by atoms with Gasteiger partial charge in [-0.2, -0.15) is 8.42 Å². The molecule has 5 heteroatoms. The van der Waals surface area contributed by atoms with E-state index in [1.54, 1.807) is 18.2 Å². The van der Waals surface area contributed by atoms with E-state index in [0.717, 1.165) is 6.08 Å². The molecule has 0 bridgehead atoms. The summed E-state index contributed by atoms with van der Waals surface area (Å²) < 4.78 is 27.5. The Labute approximate surface area is 88.3 Å². The predicted molar refractivity (Wildman–Crippen MR) is 55.7 cm³/mol. The first kappa shape index (κ1) is 11.5. The van der Waals surface area contributed by atoms with Crippen LogP contribution >= 0.6 is 0 Å². The summed E-state index contributed by atoms with van der Waals surface area (Å²) in [5, 5.41) is -1.46. The molecule has 0 saturated carbocycles. The maximum absolute atomic E-state index is 11.4. The minimum Gasteiger partial charge on any atom is -0.382 e. The fourth-order valence-electron chi connectivity index (χ4n) is 0.887. The minimum atomic E-state index is -4.02. The number of hydrogen-bond donors (Lipinski definition) is 0. The van der Waals surface area contributed by atoms with Gasteiger partial charge in [0.2, 0.25) is 6.29 Å². The zero-order valence-corrected chi connectivity index (χ0v) is 8.61. The summed E-state index contributed by atoms with van der Waals surface area (Å²) in [6.07, 6.45) is 2.29. The fourth-order valence-corrected chi connectivity index (χ4v) is 1.72. The lowest BCUT2D eigenvalue weighted by Crippen LogP contribution is -2.25. The Bertz CT molecular complexity index is 428. The van der Waals surface area contributed by atoms with Gasteiger partial charge in [-0.3, -0.25) is 4.79 Å². The molecule has 0 amide bonds. The van der Waals surface area contributed by atoms with E-state index in [1.807, 2.05) is 0 Å². The van der Waals surface area contributed by atoms with Crippen molar-refractivity contribution in [2.45, 2.75) is 5.25 Å². The number of hydrogen-bond acceptors (Lipinski definition) is 4. The van der Waals surface area contributed by atoms with Gasteiger partial charge >= 0.3 is 10.1 Å². The molecule has 0 heterocycles. The van der Waals surface area contributed by atoms with Crippen molar-refractivity contribution in [3.8, 4) is 5.75 Å². The van der Waals surface area contributed by atoms with Crippen LogP contribution in [0.2, 0.25) is 0 Å². The Morgan fingerprint density at radius 3 is 2.40 bits per heavy atom. The van der Waals surface area contributed by atoms with Crippen LogP contribution in [0, 0.1) is 0 Å². The van der Waals surface area contributed by atoms with Crippen molar-refractivity contribution in [2.24, 2.45) is 0 Å². The van der Waals surface area contributed by atoms with Crippen LogP contribution in [0.5, 0.6) is 5.75 Å². The number of para-hydroxylation sites is 1. The molecular formula is C10H9O4S. The van der Waals surface area contributed by atoms with Gasteiger partial charge in [0.05, 0.1) is 0 Å². The second-order valence-electron chi connectivity index (χ2n) is 2.66. The van der Waals surface area contributed by atoms with Crippen molar-refractivity contribution in [2.75, 3.05) is 0 Å². The molecule has 4 nitrogen and oxygen atoms in total. The van der Waals surface area contributed by atoms with Gasteiger partial charge < -0.3 is 4.18 Å². The highest BCUT2D eigenvalue weighted by molar-refractivity contribution is 7.88. The highest BCUT2D eigenvalue weighted by Gasteiger charge is 2.24. The molecule has 15 heavy (non-hydrogen) atoms. The molecule has 1 atom stereocenters. The SMILES string of the molecule is C=CC([C]=O)S(=O)(=O)Oc1ccccc1. The second kappa shape index (κ2) is 4.75. The van der Waals surface area contributed by atoms with Crippen molar-refractivity contribution in [3.63, 3.8) is 0 Å². The third-order valence-electron chi connectivity index (χ3n) is 1.60. The molecule has 0 aliphatic heterocycles. The Morgan fingerprint density at radius 1 is 1.33 bits per heavy atom. The topological polar surface area (TPSA) is 60.4 Å². The van der Waals surface area contributed by atoms with Gasteiger partial charge in [0, 0.05) is 0 Å². The van der Waals surface area contributed by atoms with Gasteiger partial charge in [-0.05, 0) is 12.1 Å². The first-order valence-corrected chi connectivity index (χ1v) is 5.56. The minimum absolute atomic E-state index is 0.152. The summed E-state index contributed by atoms with van der Waals surface area (Å²) in [6.45, 7) is 3.22. The first-order chi connectivity index (χ1) is 7.10. The van der Waals surface area contributed by atoms with E-state index in [4.69, 9.17) is 0 Å². The van der Waals surface area contributed by atoms with Crippen LogP contribution < -0.4 is 4.18 Å². The van der Waals surface area contributed by atoms with Gasteiger partial charge in [-0.25, -0.2) is 0 Å². The normalized spacial score (nSPS) is 12.8. The molecule has 1 radical (unpaired) electrons. The van der Waals surface area contributed by atoms with Crippen molar-refractivity contribution in [1.29, 1.82) is 0 Å². The van der Waals surface area contributed by atoms with E-state index < -0.39 is 15.4 Å². The summed E-state index contributed by atoms with van der Waals surface area (Å²) in [5.74, 6) is 0.152. The smallest absolute Gasteiger partial charge is 0.323 e. The zero-order valence-electron chi connectivity index (χ0n) is 7.79. The first-order valence-electron chi connectivity index (χ1n) is 4.08. The predicted octanol–water partition coefficient (Wildman–Crippen LogP) is 1.06. The van der Waals surface area contributed by atoms with Crippen molar-refractivity contribution >= 4 is 16.4 Å². The number of benzene rings is 1. The molecular weight excluding hydrogens is 216 g/mol. The summed E-state index contributed by atoms with van der Waals surface area (Å²) in [4.78, 5) is 10.3. The van der Waals surface area contributed by atoms with Crippen LogP contribution in [-0.4, -0.2) is 20.0 Å². The third kappa shape index (κ3) is 2.92. The van der Waals surface area contributed by atoms with Crippen LogP contribution in [-0.2, 0) is 14.9 Å². The summed E-state index contributed by atoms with van der Waals surface area (Å²) in [5.41, 5.74) is 0. The molecule has 0 fully saturated rings. The zero-order chi connectivity index (χ0) is 11.3. The molecule has 79 valence electrons. The van der Waals surface area contributed by atoms with Gasteiger partial charge in [0.15, 0.2) is 5.25 Å². The van der Waals surface area contributed by atoms with Crippen LogP contribution in [0.1, 0.15) is 0 Å². The molecule has 0 N–H and O–H groups in total. The van der Waals surface area contributed by atoms with E-state index in [9.17, 15) is 13.2 Å². The maximum atomic E-state index is 11.4. The molecule has 1 unspecified atom stereocenters. The lowest BCUT2D eigenvalue weighted by atomic mass is 10.3. The number of carbonyl (C=O) groups excluding carboxylic acids is 1. The molecule has 0 spiro atoms. The van der Waals surface area contributed by atoms with E-state index in [1.165, 1.54) is 18.4 Å². The molecule has 0 saturated heterocycles. The molecule has 0 aliphatic rings. The maximum Gasteiger partial charge on any atom is 0.323 e. The Hall–Kier alpha value is -1.62. The lowest BCUT2D eigenvalue weighted by molar-refractivity contribution is 0.482. The third-order valence-corrected chi connectivity index (χ3v) is 2.93. The Balaban J connectivity index is 2.90. The highest BCUT2D eigenvalue weighted by atomic mass is 32.2. The molecule has 1 aromatic carbocycles. The van der Waals surface area contributed by atoms with Crippen LogP contribution in [0.25, 0.3) is 0 Å². The van der Waals surface area contributed by atoms with E-state index in [-0.39, 0.29) is 5.75 Å². The van der Waals surface area contributed by atoms with Crippen molar-refractivity contribution in [1.82, 2.24) is 0 Å². The summed E-state index contributed by atoms with van der Waals surface area (Å²) >= 11 is 0. The van der Waals surface area contributed by atoms with Gasteiger partial charge in [0.1, 0.15) is 5.75 Å². The molecule has 1 aromatic rings. The van der Waals surface area contributed by atoms with E-state index in [2.05, 4.69) is 10.8 Å². The van der Waals surface area contributed by atoms with Gasteiger partial charge in [-0.15, -0.1) is 6.58 Å². The van der Waals surface area contributed by atoms with Gasteiger partial charge in [0.25, 0.3) is 0 Å². The molecule has 1 rings (SSSR count). The average molecular weight is 225 g/mol. The second-order valence-corrected chi connectivity index (χ2v) is 4.32. The molecule has 0 aromatic heterocycles. The van der Waals surface area contributed by atoms with Crippen LogP contribution in [0.15, 0.2) is 43.0 Å². The van der Waals surface area contributed by atoms with Crippen molar-refractivity contribution < 1.29 is 17.4 Å². The molecule has 0 aliphatic carbocycles. The monoisotopic (exact) mass is 225 g/mol. The van der Waals surface area contributed by atoms with E-state index >= 15 is 0 Å². The summed E-state index contributed by atoms with van der Waals surface area (Å²) in [7, 11) is -4.02. The Kier molecular flexibility index (Phi) is 3.62. The van der Waals surface area contributed by atoms with Crippen molar-refractivity contribution in [3.05, 3.63) is 43.0 Å². The quantitative estimate of drug-likeness (QED) is 0.555. The highest BCUT2D eigenvalue weighted by Crippen LogP contribution is 2.14. The van der Waals surface area contributed by atoms with Crippen LogP contribution in [0.3, 0.4) is 0 Å². The van der Waals surface area contributed by atoms with E-state index in [0.29, 0.717) is 0 Å². The lowest BCUT2D eigenvalue weighted by Gasteiger charge is -2.08. The fraction of sp³-hybridized carbons (Fsp3) is 0.100. The van der Waals surface area contributed by atoms with Crippen LogP contribution in [0.4, 0.5) is 0 Å². The largest absolute Gasteiger partial charge is 0.382 e. The average Bonchev–Trinajstić information content (AvgIpc) is 2.19. The standard InChI is InChI=1S/C10H9O4S/c1-2-10(8-11)15(12,13)14-9-6-4-3-5-7-9/h2-7,10H,1H2. The Morgan fingerprint density at radius 2 is 1.93 bits per heavy atom. The summed E-state index contributed by atoms with van der Waals surface area (Å²) in [6, 6.07) is 7.91. The number of rotatable bonds is 5.